The first-order chi connectivity index (χ1) is 30.4. The molecule has 4 rings (SSSR count). The number of aromatic amines is 1. The van der Waals surface area contributed by atoms with Gasteiger partial charge in [0.15, 0.2) is 24.2 Å². The number of hydrogen-bond acceptors (Lipinski definition) is 13. The first-order valence-corrected chi connectivity index (χ1v) is 23.4. The van der Waals surface area contributed by atoms with Gasteiger partial charge in [0.1, 0.15) is 30.5 Å². The van der Waals surface area contributed by atoms with Crippen molar-refractivity contribution >= 4 is 23.7 Å². The third-order valence-corrected chi connectivity index (χ3v) is 12.0. The van der Waals surface area contributed by atoms with Crippen molar-refractivity contribution in [3.63, 3.8) is 0 Å². The summed E-state index contributed by atoms with van der Waals surface area (Å²) >= 11 is 0. The molecule has 18 heteroatoms. The van der Waals surface area contributed by atoms with Crippen LogP contribution in [0.25, 0.3) is 0 Å². The number of carbonyl (C=O) groups is 4. The summed E-state index contributed by atoms with van der Waals surface area (Å²) in [5, 5.41) is 26.7. The van der Waals surface area contributed by atoms with Crippen LogP contribution in [0.1, 0.15) is 161 Å². The van der Waals surface area contributed by atoms with Crippen molar-refractivity contribution in [2.75, 3.05) is 13.7 Å². The molecule has 3 aliphatic heterocycles. The van der Waals surface area contributed by atoms with Crippen molar-refractivity contribution in [2.45, 2.75) is 210 Å². The van der Waals surface area contributed by atoms with E-state index >= 15 is 0 Å². The molecule has 0 spiro atoms. The zero-order valence-corrected chi connectivity index (χ0v) is 37.3. The van der Waals surface area contributed by atoms with Gasteiger partial charge < -0.3 is 50.3 Å². The van der Waals surface area contributed by atoms with Gasteiger partial charge >= 0.3 is 11.7 Å². The van der Waals surface area contributed by atoms with E-state index in [9.17, 15) is 39.0 Å². The molecule has 0 aliphatic carbocycles. The second-order valence-electron chi connectivity index (χ2n) is 17.0. The maximum Gasteiger partial charge on any atom is 0.330 e. The number of unbranched alkanes of at least 4 members (excludes halogenated alkanes) is 18. The fraction of sp³-hybridized carbons (Fsp3) is 0.778. The highest BCUT2D eigenvalue weighted by Gasteiger charge is 2.54. The van der Waals surface area contributed by atoms with Crippen molar-refractivity contribution < 1.29 is 53.1 Å². The van der Waals surface area contributed by atoms with E-state index < -0.39 is 90.0 Å². The fourth-order valence-electron chi connectivity index (χ4n) is 8.36. The summed E-state index contributed by atoms with van der Waals surface area (Å²) in [5.41, 5.74) is 4.18. The molecule has 2 fully saturated rings. The van der Waals surface area contributed by atoms with E-state index in [0.29, 0.717) is 25.8 Å². The summed E-state index contributed by atoms with van der Waals surface area (Å²) in [7, 11) is 1.25. The number of primary amides is 1. The van der Waals surface area contributed by atoms with E-state index in [4.69, 9.17) is 29.4 Å². The third-order valence-electron chi connectivity index (χ3n) is 12.0. The Hall–Kier alpha value is -4.10. The summed E-state index contributed by atoms with van der Waals surface area (Å²) in [6.45, 7) is 2.71. The summed E-state index contributed by atoms with van der Waals surface area (Å²) in [5.74, 6) is -3.53. The van der Waals surface area contributed by atoms with Crippen molar-refractivity contribution in [1.29, 1.82) is 0 Å². The molecular formula is C45H73N5O13. The predicted octanol–water partition coefficient (Wildman–Crippen LogP) is 3.80. The molecule has 2 saturated heterocycles. The number of ether oxygens (including phenoxy) is 5. The molecule has 9 atom stereocenters. The smallest absolute Gasteiger partial charge is 0.330 e. The molecule has 0 bridgehead atoms. The van der Waals surface area contributed by atoms with E-state index in [1.807, 2.05) is 0 Å². The summed E-state index contributed by atoms with van der Waals surface area (Å²) < 4.78 is 30.1. The predicted molar refractivity (Wildman–Crippen MR) is 232 cm³/mol. The monoisotopic (exact) mass is 892 g/mol. The Morgan fingerprint density at radius 3 is 2.02 bits per heavy atom. The summed E-state index contributed by atoms with van der Waals surface area (Å²) in [6.07, 6.45) is 14.1. The van der Waals surface area contributed by atoms with Crippen molar-refractivity contribution in [3.8, 4) is 0 Å². The molecule has 0 unspecified atom stereocenters. The molecule has 1 aromatic rings. The first kappa shape index (κ1) is 51.5. The number of H-pyrrole nitrogens is 1. The largest absolute Gasteiger partial charge is 0.456 e. The minimum absolute atomic E-state index is 0.0547. The maximum absolute atomic E-state index is 13.3. The van der Waals surface area contributed by atoms with E-state index in [0.717, 1.165) is 55.0 Å². The number of hydrogen-bond donors (Lipinski definition) is 6. The number of amides is 3. The van der Waals surface area contributed by atoms with Gasteiger partial charge in [0.05, 0.1) is 0 Å². The van der Waals surface area contributed by atoms with Gasteiger partial charge in [-0.3, -0.25) is 33.5 Å². The van der Waals surface area contributed by atoms with Gasteiger partial charge in [0.25, 0.3) is 11.5 Å². The van der Waals surface area contributed by atoms with Crippen LogP contribution in [0.15, 0.2) is 33.7 Å². The number of nitrogens with one attached hydrogen (secondary N) is 3. The average molecular weight is 892 g/mol. The quantitative estimate of drug-likeness (QED) is 0.0495. The molecule has 3 amide bonds. The molecule has 0 saturated carbocycles. The van der Waals surface area contributed by atoms with Crippen LogP contribution in [0, 0.1) is 0 Å². The number of aliphatic hydroxyl groups is 2. The van der Waals surface area contributed by atoms with Crippen molar-refractivity contribution in [1.82, 2.24) is 20.2 Å². The Kier molecular flexibility index (Phi) is 22.9. The van der Waals surface area contributed by atoms with Crippen LogP contribution in [0.2, 0.25) is 0 Å². The number of aromatic nitrogens is 2. The molecule has 0 radical (unpaired) electrons. The van der Waals surface area contributed by atoms with Crippen LogP contribution in [-0.2, 0) is 42.9 Å². The van der Waals surface area contributed by atoms with Gasteiger partial charge in [-0.25, -0.2) is 4.79 Å². The molecule has 3 aliphatic rings. The Morgan fingerprint density at radius 2 is 1.46 bits per heavy atom. The number of carbonyl (C=O) groups excluding carboxylic acids is 4. The lowest BCUT2D eigenvalue weighted by molar-refractivity contribution is -0.241. The van der Waals surface area contributed by atoms with Crippen molar-refractivity contribution in [3.05, 3.63) is 44.9 Å². The molecule has 4 heterocycles. The number of methoxy groups -OCH3 is 1. The van der Waals surface area contributed by atoms with Gasteiger partial charge in [-0.2, -0.15) is 0 Å². The van der Waals surface area contributed by atoms with Gasteiger partial charge in [-0.05, 0) is 31.8 Å². The highest BCUT2D eigenvalue weighted by Crippen LogP contribution is 2.36. The average Bonchev–Trinajstić information content (AvgIpc) is 3.47. The molecule has 1 aromatic heterocycles. The zero-order chi connectivity index (χ0) is 45.6. The topological polar surface area (TPSA) is 260 Å². The van der Waals surface area contributed by atoms with E-state index in [-0.39, 0.29) is 12.3 Å². The highest BCUT2D eigenvalue weighted by molar-refractivity contribution is 5.95. The number of aliphatic hydroxyl groups excluding tert-OH is 2. The highest BCUT2D eigenvalue weighted by atomic mass is 16.7. The van der Waals surface area contributed by atoms with E-state index in [1.165, 1.54) is 97.0 Å². The molecule has 63 heavy (non-hydrogen) atoms. The van der Waals surface area contributed by atoms with Gasteiger partial charge in [0, 0.05) is 32.3 Å². The van der Waals surface area contributed by atoms with E-state index in [1.54, 1.807) is 0 Å². The lowest BCUT2D eigenvalue weighted by Crippen LogP contribution is -2.54. The van der Waals surface area contributed by atoms with Crippen LogP contribution in [-0.4, -0.2) is 106 Å². The van der Waals surface area contributed by atoms with Crippen LogP contribution in [0.5, 0.6) is 0 Å². The first-order valence-electron chi connectivity index (χ1n) is 23.4. The number of esters is 1. The Morgan fingerprint density at radius 1 is 0.873 bits per heavy atom. The maximum atomic E-state index is 13.3. The molecule has 356 valence electrons. The number of rotatable bonds is 29. The van der Waals surface area contributed by atoms with Crippen LogP contribution in [0.3, 0.4) is 0 Å². The second kappa shape index (κ2) is 27.9. The lowest BCUT2D eigenvalue weighted by Gasteiger charge is -2.35. The fourth-order valence-corrected chi connectivity index (χ4v) is 8.36. The minimum atomic E-state index is -1.88. The standard InChI is InChI=1S/C45H73N5O13/c1-3-4-5-6-7-8-9-10-11-12-13-14-15-16-17-18-19-20-21-25-34(53)61-39-36(59-2)37(62-43(39)50-28-26-33(52)49-45(50)58)38(40(46)55)63-44-35(54)31(51)29-32(60-44)42(57)48-30-24-22-23-27-47-41(30)56/h26,28-31,35-39,43-44,51,54H,3-25,27H2,1-2H3,(H2,46,55)(H,47,56)(H,48,57)(H,49,52,58)/t30-,31-,35-,36+,37-,38+,39+,43+,44+/m0/s1. The van der Waals surface area contributed by atoms with Crippen molar-refractivity contribution in [2.24, 2.45) is 5.73 Å². The Bertz CT molecular complexity index is 1720. The molecule has 7 N–H and O–H groups in total. The Balaban J connectivity index is 1.27. The summed E-state index contributed by atoms with van der Waals surface area (Å²) in [6, 6.07) is 0.183. The normalized spacial score (nSPS) is 25.3. The van der Waals surface area contributed by atoms with Gasteiger partial charge in [-0.1, -0.05) is 122 Å². The summed E-state index contributed by atoms with van der Waals surface area (Å²) in [4.78, 5) is 79.0. The lowest BCUT2D eigenvalue weighted by atomic mass is 10.0. The van der Waals surface area contributed by atoms with Crippen LogP contribution >= 0.6 is 0 Å². The van der Waals surface area contributed by atoms with Gasteiger partial charge in [0.2, 0.25) is 18.1 Å². The molecule has 18 nitrogen and oxygen atoms in total. The SMILES string of the molecule is CCCCCCCCCCCCCCCCCCCCCC(=O)O[C@@H]1[C@H](OC)[C@@H]([C@@H](O[C@H]2OC(C(=O)N[C@H]3CCCCNC3=O)=C[C@H](O)[C@@H]2O)C(N)=O)O[C@H]1n1ccc(=O)[nH]c1=O. The molecular weight excluding hydrogens is 819 g/mol. The number of nitrogens with zero attached hydrogens (tertiary/aromatic N) is 1. The Labute approximate surface area is 370 Å². The third kappa shape index (κ3) is 16.8. The van der Waals surface area contributed by atoms with Crippen LogP contribution in [0.4, 0.5) is 0 Å². The van der Waals surface area contributed by atoms with E-state index in [2.05, 4.69) is 22.5 Å². The van der Waals surface area contributed by atoms with Crippen LogP contribution < -0.4 is 27.6 Å². The zero-order valence-electron chi connectivity index (χ0n) is 37.3. The molecule has 0 aromatic carbocycles. The second-order valence-corrected chi connectivity index (χ2v) is 17.0. The number of nitrogens with two attached hydrogens (primary N) is 1. The minimum Gasteiger partial charge on any atom is -0.456 e. The van der Waals surface area contributed by atoms with Gasteiger partial charge in [-0.15, -0.1) is 0 Å².